The Labute approximate surface area is 172 Å². The number of thiazole rings is 1. The van der Waals surface area contributed by atoms with E-state index in [1.54, 1.807) is 52.9 Å². The molecule has 28 heavy (non-hydrogen) atoms. The summed E-state index contributed by atoms with van der Waals surface area (Å²) in [5, 5.41) is 4.39. The lowest BCUT2D eigenvalue weighted by Crippen LogP contribution is -2.24. The predicted molar refractivity (Wildman–Crippen MR) is 111 cm³/mol. The number of amides is 2. The average Bonchev–Trinajstić information content (AvgIpc) is 3.12. The second kappa shape index (κ2) is 8.95. The number of aryl methyl sites for hydroxylation is 1. The third-order valence-electron chi connectivity index (χ3n) is 4.18. The number of halogens is 1. The summed E-state index contributed by atoms with van der Waals surface area (Å²) in [5.41, 5.74) is 2.70. The molecule has 2 heterocycles. The largest absolute Gasteiger partial charge is 0.346 e. The summed E-state index contributed by atoms with van der Waals surface area (Å²) in [6, 6.07) is 8.86. The number of benzene rings is 1. The lowest BCUT2D eigenvalue weighted by Gasteiger charge is -2.20. The van der Waals surface area contributed by atoms with Crippen LogP contribution in [0.25, 0.3) is 0 Å². The van der Waals surface area contributed by atoms with Gasteiger partial charge in [0, 0.05) is 28.0 Å². The number of nitrogens with zero attached hydrogens (tertiary/aromatic N) is 3. The maximum Gasteiger partial charge on any atom is 0.270 e. The second-order valence-electron chi connectivity index (χ2n) is 6.20. The molecule has 2 aromatic heterocycles. The van der Waals surface area contributed by atoms with Gasteiger partial charge in [0.2, 0.25) is 6.41 Å². The number of anilines is 1. The number of pyridine rings is 1. The van der Waals surface area contributed by atoms with E-state index in [1.807, 2.05) is 19.9 Å². The highest BCUT2D eigenvalue weighted by atomic mass is 35.5. The van der Waals surface area contributed by atoms with E-state index in [1.165, 1.54) is 0 Å². The Kier molecular flexibility index (Phi) is 6.38. The van der Waals surface area contributed by atoms with E-state index in [0.29, 0.717) is 23.8 Å². The van der Waals surface area contributed by atoms with E-state index in [-0.39, 0.29) is 5.91 Å². The third-order valence-corrected chi connectivity index (χ3v) is 5.50. The minimum Gasteiger partial charge on any atom is -0.346 e. The van der Waals surface area contributed by atoms with Crippen molar-refractivity contribution in [3.8, 4) is 0 Å². The van der Waals surface area contributed by atoms with E-state index in [0.717, 1.165) is 33.1 Å². The molecule has 0 radical (unpaired) electrons. The number of aromatic nitrogens is 2. The molecule has 0 saturated heterocycles. The van der Waals surface area contributed by atoms with Crippen LogP contribution in [-0.2, 0) is 17.9 Å². The highest BCUT2D eigenvalue weighted by molar-refractivity contribution is 7.11. The normalized spacial score (nSPS) is 10.5. The molecule has 0 fully saturated rings. The minimum atomic E-state index is -0.254. The smallest absolute Gasteiger partial charge is 0.270 e. The SMILES string of the molecule is Cc1ncc(CNC(=O)c2ccc(CN(C=O)c3cccc(Cl)c3C)cn2)s1. The Bertz CT molecular complexity index is 988. The Hall–Kier alpha value is -2.77. The van der Waals surface area contributed by atoms with Crippen molar-refractivity contribution in [1.82, 2.24) is 15.3 Å². The quantitative estimate of drug-likeness (QED) is 0.595. The van der Waals surface area contributed by atoms with Gasteiger partial charge in [0.25, 0.3) is 5.91 Å². The minimum absolute atomic E-state index is 0.254. The highest BCUT2D eigenvalue weighted by Gasteiger charge is 2.13. The van der Waals surface area contributed by atoms with Gasteiger partial charge in [0.15, 0.2) is 0 Å². The molecule has 0 spiro atoms. The van der Waals surface area contributed by atoms with Gasteiger partial charge in [-0.3, -0.25) is 14.6 Å². The zero-order valence-electron chi connectivity index (χ0n) is 15.5. The van der Waals surface area contributed by atoms with Crippen LogP contribution >= 0.6 is 22.9 Å². The van der Waals surface area contributed by atoms with Crippen LogP contribution in [0.3, 0.4) is 0 Å². The fourth-order valence-electron chi connectivity index (χ4n) is 2.68. The van der Waals surface area contributed by atoms with Gasteiger partial charge in [-0.15, -0.1) is 11.3 Å². The number of rotatable bonds is 7. The van der Waals surface area contributed by atoms with Crippen LogP contribution in [-0.4, -0.2) is 22.3 Å². The van der Waals surface area contributed by atoms with Crippen molar-refractivity contribution < 1.29 is 9.59 Å². The topological polar surface area (TPSA) is 75.2 Å². The molecule has 2 amide bonds. The predicted octanol–water partition coefficient (Wildman–Crippen LogP) is 3.90. The second-order valence-corrected chi connectivity index (χ2v) is 7.92. The maximum absolute atomic E-state index is 12.2. The first kappa shape index (κ1) is 20.0. The molecule has 0 unspecified atom stereocenters. The van der Waals surface area contributed by atoms with Crippen LogP contribution in [0.2, 0.25) is 5.02 Å². The van der Waals surface area contributed by atoms with Crippen molar-refractivity contribution in [3.05, 3.63) is 74.5 Å². The average molecular weight is 415 g/mol. The van der Waals surface area contributed by atoms with E-state index < -0.39 is 0 Å². The molecule has 0 bridgehead atoms. The van der Waals surface area contributed by atoms with Gasteiger partial charge < -0.3 is 10.2 Å². The molecular formula is C20H19ClN4O2S. The maximum atomic E-state index is 12.2. The summed E-state index contributed by atoms with van der Waals surface area (Å²) in [5.74, 6) is -0.254. The van der Waals surface area contributed by atoms with Gasteiger partial charge in [-0.25, -0.2) is 4.98 Å². The molecule has 144 valence electrons. The molecule has 0 aliphatic carbocycles. The van der Waals surface area contributed by atoms with Crippen LogP contribution in [0.1, 0.15) is 31.5 Å². The van der Waals surface area contributed by atoms with Crippen LogP contribution in [0.15, 0.2) is 42.7 Å². The molecule has 3 aromatic rings. The van der Waals surface area contributed by atoms with Gasteiger partial charge >= 0.3 is 0 Å². The first-order valence-electron chi connectivity index (χ1n) is 8.59. The van der Waals surface area contributed by atoms with Crippen molar-refractivity contribution in [2.75, 3.05) is 4.90 Å². The van der Waals surface area contributed by atoms with Gasteiger partial charge in [-0.05, 0) is 43.2 Å². The third kappa shape index (κ3) is 4.74. The standard InChI is InChI=1S/C20H19ClN4O2S/c1-13-17(21)4-3-5-19(13)25(12-26)11-15-6-7-18(23-8-15)20(27)24-10-16-9-22-14(2)28-16/h3-9,12H,10-11H2,1-2H3,(H,24,27). The summed E-state index contributed by atoms with van der Waals surface area (Å²) in [4.78, 5) is 34.7. The van der Waals surface area contributed by atoms with Gasteiger partial charge in [-0.1, -0.05) is 23.7 Å². The fraction of sp³-hybridized carbons (Fsp3) is 0.200. The summed E-state index contributed by atoms with van der Waals surface area (Å²) < 4.78 is 0. The molecule has 1 aromatic carbocycles. The van der Waals surface area contributed by atoms with Gasteiger partial charge in [0.05, 0.1) is 18.1 Å². The lowest BCUT2D eigenvalue weighted by molar-refractivity contribution is -0.107. The van der Waals surface area contributed by atoms with Crippen LogP contribution in [0, 0.1) is 13.8 Å². The summed E-state index contributed by atoms with van der Waals surface area (Å²) >= 11 is 7.69. The molecular weight excluding hydrogens is 396 g/mol. The van der Waals surface area contributed by atoms with Crippen molar-refractivity contribution in [2.24, 2.45) is 0 Å². The molecule has 0 aliphatic heterocycles. The highest BCUT2D eigenvalue weighted by Crippen LogP contribution is 2.26. The number of carbonyl (C=O) groups is 2. The zero-order chi connectivity index (χ0) is 20.1. The molecule has 3 rings (SSSR count). The molecule has 1 N–H and O–H groups in total. The number of hydrogen-bond acceptors (Lipinski definition) is 5. The van der Waals surface area contributed by atoms with E-state index in [9.17, 15) is 9.59 Å². The molecule has 0 atom stereocenters. The number of nitrogens with one attached hydrogen (secondary N) is 1. The van der Waals surface area contributed by atoms with Crippen LogP contribution in [0.4, 0.5) is 5.69 Å². The van der Waals surface area contributed by atoms with Crippen molar-refractivity contribution >= 4 is 40.9 Å². The molecule has 0 aliphatic rings. The zero-order valence-corrected chi connectivity index (χ0v) is 17.0. The van der Waals surface area contributed by atoms with E-state index in [2.05, 4.69) is 15.3 Å². The Morgan fingerprint density at radius 3 is 2.68 bits per heavy atom. The summed E-state index contributed by atoms with van der Waals surface area (Å²) in [6.45, 7) is 4.54. The van der Waals surface area contributed by atoms with Crippen molar-refractivity contribution in [3.63, 3.8) is 0 Å². The Balaban J connectivity index is 1.65. The van der Waals surface area contributed by atoms with E-state index in [4.69, 9.17) is 11.6 Å². The number of carbonyl (C=O) groups excluding carboxylic acids is 2. The number of hydrogen-bond donors (Lipinski definition) is 1. The molecule has 6 nitrogen and oxygen atoms in total. The Morgan fingerprint density at radius 2 is 2.04 bits per heavy atom. The van der Waals surface area contributed by atoms with Crippen molar-refractivity contribution in [2.45, 2.75) is 26.9 Å². The van der Waals surface area contributed by atoms with Gasteiger partial charge in [0.1, 0.15) is 5.69 Å². The lowest BCUT2D eigenvalue weighted by atomic mass is 10.1. The van der Waals surface area contributed by atoms with Crippen LogP contribution < -0.4 is 10.2 Å². The summed E-state index contributed by atoms with van der Waals surface area (Å²) in [7, 11) is 0. The fourth-order valence-corrected chi connectivity index (χ4v) is 3.58. The monoisotopic (exact) mass is 414 g/mol. The van der Waals surface area contributed by atoms with Crippen LogP contribution in [0.5, 0.6) is 0 Å². The molecule has 8 heteroatoms. The van der Waals surface area contributed by atoms with Gasteiger partial charge in [-0.2, -0.15) is 0 Å². The van der Waals surface area contributed by atoms with Crippen molar-refractivity contribution in [1.29, 1.82) is 0 Å². The first-order chi connectivity index (χ1) is 13.5. The Morgan fingerprint density at radius 1 is 1.21 bits per heavy atom. The molecule has 0 saturated carbocycles. The first-order valence-corrected chi connectivity index (χ1v) is 9.79. The van der Waals surface area contributed by atoms with E-state index >= 15 is 0 Å². The summed E-state index contributed by atoms with van der Waals surface area (Å²) in [6.07, 6.45) is 4.11.